The molecule has 3 atom stereocenters. The Morgan fingerprint density at radius 3 is 2.90 bits per heavy atom. The molecule has 4 heteroatoms. The van der Waals surface area contributed by atoms with Gasteiger partial charge in [-0.25, -0.2) is 0 Å². The minimum atomic E-state index is -0.427. The fourth-order valence-electron chi connectivity index (χ4n) is 2.79. The fraction of sp³-hybridized carbons (Fsp3) is 0.647. The summed E-state index contributed by atoms with van der Waals surface area (Å²) < 4.78 is 5.57. The molecule has 3 unspecified atom stereocenters. The molecule has 118 valence electrons. The van der Waals surface area contributed by atoms with E-state index in [1.54, 1.807) is 0 Å². The van der Waals surface area contributed by atoms with Gasteiger partial charge in [0.15, 0.2) is 0 Å². The first-order valence-corrected chi connectivity index (χ1v) is 9.12. The molecule has 0 radical (unpaired) electrons. The smallest absolute Gasteiger partial charge is 0.0897 e. The largest absolute Gasteiger partial charge is 0.389 e. The topological polar surface area (TPSA) is 41.5 Å². The van der Waals surface area contributed by atoms with Gasteiger partial charge in [-0.3, -0.25) is 0 Å². The molecule has 0 heterocycles. The maximum atomic E-state index is 9.99. The van der Waals surface area contributed by atoms with Crippen LogP contribution in [0.25, 0.3) is 0 Å². The highest BCUT2D eigenvalue weighted by Crippen LogP contribution is 2.26. The lowest BCUT2D eigenvalue weighted by molar-refractivity contribution is 0.0271. The van der Waals surface area contributed by atoms with E-state index >= 15 is 0 Å². The zero-order valence-corrected chi connectivity index (χ0v) is 13.6. The second-order valence-electron chi connectivity index (χ2n) is 5.78. The van der Waals surface area contributed by atoms with Crippen molar-refractivity contribution >= 4 is 11.8 Å². The summed E-state index contributed by atoms with van der Waals surface area (Å²) >= 11 is 1.97. The molecule has 2 N–H and O–H groups in total. The van der Waals surface area contributed by atoms with Crippen molar-refractivity contribution in [1.29, 1.82) is 0 Å². The number of aliphatic hydroxyl groups excluding tert-OH is 1. The molecule has 1 aliphatic carbocycles. The minimum absolute atomic E-state index is 0.389. The minimum Gasteiger partial charge on any atom is -0.389 e. The molecule has 0 amide bonds. The molecule has 0 aliphatic heterocycles. The molecule has 3 nitrogen and oxygen atoms in total. The average Bonchev–Trinajstić information content (AvgIpc) is 2.54. The predicted molar refractivity (Wildman–Crippen MR) is 89.7 cm³/mol. The van der Waals surface area contributed by atoms with Crippen molar-refractivity contribution in [3.8, 4) is 0 Å². The first-order valence-electron chi connectivity index (χ1n) is 7.84. The molecule has 21 heavy (non-hydrogen) atoms. The zero-order valence-electron chi connectivity index (χ0n) is 12.8. The lowest BCUT2D eigenvalue weighted by Crippen LogP contribution is -2.40. The SMILES string of the molecule is CSC1CCCC(NCC(O)COCc2ccccc2)C1. The molecular formula is C17H27NO2S. The van der Waals surface area contributed by atoms with Gasteiger partial charge in [0.2, 0.25) is 0 Å². The highest BCUT2D eigenvalue weighted by atomic mass is 32.2. The van der Waals surface area contributed by atoms with Crippen LogP contribution in [0.4, 0.5) is 0 Å². The lowest BCUT2D eigenvalue weighted by Gasteiger charge is -2.29. The molecule has 0 aromatic heterocycles. The summed E-state index contributed by atoms with van der Waals surface area (Å²) in [5.41, 5.74) is 1.15. The van der Waals surface area contributed by atoms with Crippen molar-refractivity contribution in [3.63, 3.8) is 0 Å². The van der Waals surface area contributed by atoms with Crippen LogP contribution in [0.1, 0.15) is 31.2 Å². The molecular weight excluding hydrogens is 282 g/mol. The van der Waals surface area contributed by atoms with Crippen LogP contribution in [0.15, 0.2) is 30.3 Å². The summed E-state index contributed by atoms with van der Waals surface area (Å²) in [6.45, 7) is 1.58. The van der Waals surface area contributed by atoms with Crippen molar-refractivity contribution in [2.45, 2.75) is 49.7 Å². The second-order valence-corrected chi connectivity index (χ2v) is 6.92. The fourth-order valence-corrected chi connectivity index (χ4v) is 3.62. The molecule has 1 fully saturated rings. The van der Waals surface area contributed by atoms with E-state index in [-0.39, 0.29) is 0 Å². The summed E-state index contributed by atoms with van der Waals surface area (Å²) in [6, 6.07) is 10.6. The Balaban J connectivity index is 1.58. The number of hydrogen-bond donors (Lipinski definition) is 2. The summed E-state index contributed by atoms with van der Waals surface area (Å²) in [5.74, 6) is 0. The van der Waals surface area contributed by atoms with Gasteiger partial charge in [0.1, 0.15) is 0 Å². The standard InChI is InChI=1S/C17H27NO2S/c1-21-17-9-5-8-15(10-17)18-11-16(19)13-20-12-14-6-3-2-4-7-14/h2-4,6-7,15-19H,5,8-13H2,1H3. The van der Waals surface area contributed by atoms with E-state index in [0.717, 1.165) is 10.8 Å². The summed E-state index contributed by atoms with van der Waals surface area (Å²) in [7, 11) is 0. The van der Waals surface area contributed by atoms with Crippen molar-refractivity contribution < 1.29 is 9.84 Å². The van der Waals surface area contributed by atoms with Gasteiger partial charge in [0.25, 0.3) is 0 Å². The summed E-state index contributed by atoms with van der Waals surface area (Å²) in [4.78, 5) is 0. The van der Waals surface area contributed by atoms with Crippen LogP contribution in [0.2, 0.25) is 0 Å². The van der Waals surface area contributed by atoms with Gasteiger partial charge in [-0.15, -0.1) is 0 Å². The van der Waals surface area contributed by atoms with Crippen LogP contribution in [-0.4, -0.2) is 41.9 Å². The molecule has 0 saturated heterocycles. The third-order valence-electron chi connectivity index (χ3n) is 4.02. The number of aliphatic hydroxyl groups is 1. The van der Waals surface area contributed by atoms with E-state index in [1.165, 1.54) is 25.7 Å². The van der Waals surface area contributed by atoms with E-state index < -0.39 is 6.10 Å². The van der Waals surface area contributed by atoms with Gasteiger partial charge in [0.05, 0.1) is 19.3 Å². The van der Waals surface area contributed by atoms with Crippen molar-refractivity contribution in [2.24, 2.45) is 0 Å². The number of hydrogen-bond acceptors (Lipinski definition) is 4. The van der Waals surface area contributed by atoms with Crippen molar-refractivity contribution in [1.82, 2.24) is 5.32 Å². The van der Waals surface area contributed by atoms with Crippen molar-refractivity contribution in [2.75, 3.05) is 19.4 Å². The number of ether oxygens (including phenoxy) is 1. The van der Waals surface area contributed by atoms with Gasteiger partial charge in [0, 0.05) is 17.8 Å². The molecule has 1 aliphatic rings. The third-order valence-corrected chi connectivity index (χ3v) is 5.12. The van der Waals surface area contributed by atoms with Crippen LogP contribution in [0.3, 0.4) is 0 Å². The van der Waals surface area contributed by atoms with E-state index in [1.807, 2.05) is 42.1 Å². The Morgan fingerprint density at radius 2 is 2.14 bits per heavy atom. The normalized spacial score (nSPS) is 23.9. The van der Waals surface area contributed by atoms with Gasteiger partial charge in [-0.2, -0.15) is 11.8 Å². The molecule has 1 saturated carbocycles. The van der Waals surface area contributed by atoms with Crippen LogP contribution in [0.5, 0.6) is 0 Å². The first kappa shape index (κ1) is 16.8. The van der Waals surface area contributed by atoms with Crippen molar-refractivity contribution in [3.05, 3.63) is 35.9 Å². The molecule has 0 spiro atoms. The predicted octanol–water partition coefficient (Wildman–Crippen LogP) is 2.83. The average molecular weight is 309 g/mol. The maximum absolute atomic E-state index is 9.99. The molecule has 1 aromatic rings. The molecule has 2 rings (SSSR count). The van der Waals surface area contributed by atoms with Gasteiger partial charge in [-0.05, 0) is 31.1 Å². The summed E-state index contributed by atoms with van der Waals surface area (Å²) in [6.07, 6.45) is 6.85. The van der Waals surface area contributed by atoms with Gasteiger partial charge < -0.3 is 15.2 Å². The Kier molecular flexibility index (Phi) is 7.58. The lowest BCUT2D eigenvalue weighted by atomic mass is 9.95. The third kappa shape index (κ3) is 6.39. The first-order chi connectivity index (χ1) is 10.3. The van der Waals surface area contributed by atoms with E-state index in [0.29, 0.717) is 25.8 Å². The van der Waals surface area contributed by atoms with Crippen LogP contribution < -0.4 is 5.32 Å². The number of rotatable bonds is 8. The summed E-state index contributed by atoms with van der Waals surface area (Å²) in [5, 5.41) is 14.3. The van der Waals surface area contributed by atoms with Gasteiger partial charge >= 0.3 is 0 Å². The van der Waals surface area contributed by atoms with Crippen LogP contribution >= 0.6 is 11.8 Å². The number of thioether (sulfide) groups is 1. The maximum Gasteiger partial charge on any atom is 0.0897 e. The van der Waals surface area contributed by atoms with Crippen LogP contribution in [0, 0.1) is 0 Å². The Bertz CT molecular complexity index is 388. The van der Waals surface area contributed by atoms with E-state index in [9.17, 15) is 5.11 Å². The molecule has 1 aromatic carbocycles. The highest BCUT2D eigenvalue weighted by molar-refractivity contribution is 7.99. The number of benzene rings is 1. The van der Waals surface area contributed by atoms with E-state index in [2.05, 4.69) is 11.6 Å². The molecule has 0 bridgehead atoms. The quantitative estimate of drug-likeness (QED) is 0.775. The number of nitrogens with one attached hydrogen (secondary N) is 1. The van der Waals surface area contributed by atoms with Gasteiger partial charge in [-0.1, -0.05) is 36.8 Å². The second kappa shape index (κ2) is 9.46. The van der Waals surface area contributed by atoms with E-state index in [4.69, 9.17) is 4.74 Å². The Labute approximate surface area is 132 Å². The van der Waals surface area contributed by atoms with Crippen LogP contribution in [-0.2, 0) is 11.3 Å². The highest BCUT2D eigenvalue weighted by Gasteiger charge is 2.21. The Morgan fingerprint density at radius 1 is 1.33 bits per heavy atom. The zero-order chi connectivity index (χ0) is 14.9. The Hall–Kier alpha value is -0.550. The monoisotopic (exact) mass is 309 g/mol.